The van der Waals surface area contributed by atoms with E-state index in [2.05, 4.69) is 6.07 Å². The number of aliphatic hydroxyl groups is 1. The molecule has 1 N–H and O–H groups in total. The molecule has 0 radical (unpaired) electrons. The Labute approximate surface area is 84.4 Å². The lowest BCUT2D eigenvalue weighted by atomic mass is 9.96. The van der Waals surface area contributed by atoms with Gasteiger partial charge in [-0.25, -0.2) is 0 Å². The van der Waals surface area contributed by atoms with Crippen LogP contribution < -0.4 is 0 Å². The Morgan fingerprint density at radius 1 is 1.43 bits per heavy atom. The molecule has 1 aliphatic heterocycles. The van der Waals surface area contributed by atoms with Crippen LogP contribution in [0.25, 0.3) is 0 Å². The van der Waals surface area contributed by atoms with E-state index in [1.54, 1.807) is 0 Å². The molecule has 1 aliphatic rings. The maximum absolute atomic E-state index is 9.07. The standard InChI is InChI=1S/C10H17NO3/c11-9-10(14-7-2-5-12)3-1-6-13-8-4-10/h12H,1-8H2. The van der Waals surface area contributed by atoms with Crippen molar-refractivity contribution in [3.63, 3.8) is 0 Å². The van der Waals surface area contributed by atoms with Crippen molar-refractivity contribution in [2.45, 2.75) is 31.3 Å². The third-order valence-electron chi connectivity index (χ3n) is 2.40. The monoisotopic (exact) mass is 199 g/mol. The molecule has 0 amide bonds. The fourth-order valence-corrected chi connectivity index (χ4v) is 1.54. The van der Waals surface area contributed by atoms with E-state index >= 15 is 0 Å². The van der Waals surface area contributed by atoms with E-state index in [1.165, 1.54) is 0 Å². The van der Waals surface area contributed by atoms with Crippen LogP contribution in [0.2, 0.25) is 0 Å². The Morgan fingerprint density at radius 3 is 3.00 bits per heavy atom. The quantitative estimate of drug-likeness (QED) is 0.682. The van der Waals surface area contributed by atoms with Gasteiger partial charge in [0, 0.05) is 19.6 Å². The predicted molar refractivity (Wildman–Crippen MR) is 50.7 cm³/mol. The number of hydrogen-bond donors (Lipinski definition) is 1. The molecule has 0 aliphatic carbocycles. The largest absolute Gasteiger partial charge is 0.396 e. The minimum atomic E-state index is -0.675. The van der Waals surface area contributed by atoms with E-state index in [-0.39, 0.29) is 6.61 Å². The average Bonchev–Trinajstić information content (AvgIpc) is 2.45. The Bertz CT molecular complexity index is 192. The summed E-state index contributed by atoms with van der Waals surface area (Å²) in [6.07, 6.45) is 2.82. The Hall–Kier alpha value is -0.630. The van der Waals surface area contributed by atoms with E-state index < -0.39 is 5.60 Å². The molecular formula is C10H17NO3. The molecule has 0 spiro atoms. The van der Waals surface area contributed by atoms with E-state index in [4.69, 9.17) is 19.8 Å². The lowest BCUT2D eigenvalue weighted by molar-refractivity contribution is -0.0212. The topological polar surface area (TPSA) is 62.5 Å². The highest BCUT2D eigenvalue weighted by Gasteiger charge is 2.31. The summed E-state index contributed by atoms with van der Waals surface area (Å²) >= 11 is 0. The number of rotatable bonds is 4. The van der Waals surface area contributed by atoms with Gasteiger partial charge in [0.1, 0.15) is 0 Å². The molecule has 1 saturated heterocycles. The highest BCUT2D eigenvalue weighted by Crippen LogP contribution is 2.24. The molecule has 1 heterocycles. The van der Waals surface area contributed by atoms with Crippen molar-refractivity contribution < 1.29 is 14.6 Å². The molecule has 4 nitrogen and oxygen atoms in total. The first-order valence-electron chi connectivity index (χ1n) is 5.07. The molecule has 0 saturated carbocycles. The van der Waals surface area contributed by atoms with Crippen LogP contribution in [0, 0.1) is 11.3 Å². The van der Waals surface area contributed by atoms with Gasteiger partial charge in [-0.05, 0) is 19.3 Å². The van der Waals surface area contributed by atoms with Crippen molar-refractivity contribution in [3.05, 3.63) is 0 Å². The minimum absolute atomic E-state index is 0.109. The second-order valence-electron chi connectivity index (χ2n) is 3.50. The summed E-state index contributed by atoms with van der Waals surface area (Å²) in [4.78, 5) is 0. The van der Waals surface area contributed by atoms with Crippen LogP contribution in [-0.4, -0.2) is 37.1 Å². The van der Waals surface area contributed by atoms with Crippen LogP contribution in [0.5, 0.6) is 0 Å². The molecule has 80 valence electrons. The zero-order valence-electron chi connectivity index (χ0n) is 8.37. The predicted octanol–water partition coefficient (Wildman–Crippen LogP) is 0.848. The van der Waals surface area contributed by atoms with Gasteiger partial charge in [-0.2, -0.15) is 5.26 Å². The lowest BCUT2D eigenvalue weighted by Gasteiger charge is -2.24. The van der Waals surface area contributed by atoms with Gasteiger partial charge in [0.25, 0.3) is 0 Å². The molecule has 1 fully saturated rings. The Kier molecular flexibility index (Phi) is 4.88. The fourth-order valence-electron chi connectivity index (χ4n) is 1.54. The van der Waals surface area contributed by atoms with Crippen molar-refractivity contribution in [3.8, 4) is 6.07 Å². The molecule has 1 unspecified atom stereocenters. The zero-order chi connectivity index (χ0) is 10.3. The normalized spacial score (nSPS) is 28.0. The van der Waals surface area contributed by atoms with Crippen LogP contribution in [0.15, 0.2) is 0 Å². The van der Waals surface area contributed by atoms with Gasteiger partial charge < -0.3 is 14.6 Å². The van der Waals surface area contributed by atoms with Crippen LogP contribution in [0.1, 0.15) is 25.7 Å². The third kappa shape index (κ3) is 3.26. The van der Waals surface area contributed by atoms with Crippen molar-refractivity contribution >= 4 is 0 Å². The number of nitriles is 1. The summed E-state index contributed by atoms with van der Waals surface area (Å²) in [5.74, 6) is 0. The second-order valence-corrected chi connectivity index (χ2v) is 3.50. The van der Waals surface area contributed by atoms with Gasteiger partial charge in [0.2, 0.25) is 0 Å². The minimum Gasteiger partial charge on any atom is -0.396 e. The van der Waals surface area contributed by atoms with Crippen LogP contribution in [0.3, 0.4) is 0 Å². The van der Waals surface area contributed by atoms with E-state index in [1.807, 2.05) is 0 Å². The third-order valence-corrected chi connectivity index (χ3v) is 2.40. The van der Waals surface area contributed by atoms with Gasteiger partial charge in [-0.3, -0.25) is 0 Å². The van der Waals surface area contributed by atoms with E-state index in [0.29, 0.717) is 32.7 Å². The van der Waals surface area contributed by atoms with E-state index in [0.717, 1.165) is 12.8 Å². The second kappa shape index (κ2) is 5.97. The Balaban J connectivity index is 2.42. The summed E-state index contributed by atoms with van der Waals surface area (Å²) in [6.45, 7) is 1.86. The zero-order valence-corrected chi connectivity index (χ0v) is 8.37. The molecule has 4 heteroatoms. The van der Waals surface area contributed by atoms with Crippen LogP contribution >= 0.6 is 0 Å². The van der Waals surface area contributed by atoms with Gasteiger partial charge in [0.15, 0.2) is 5.60 Å². The summed E-state index contributed by atoms with van der Waals surface area (Å²) in [6, 6.07) is 2.23. The summed E-state index contributed by atoms with van der Waals surface area (Å²) in [7, 11) is 0. The highest BCUT2D eigenvalue weighted by molar-refractivity contribution is 5.02. The van der Waals surface area contributed by atoms with Crippen molar-refractivity contribution in [1.82, 2.24) is 0 Å². The van der Waals surface area contributed by atoms with Crippen molar-refractivity contribution in [2.75, 3.05) is 26.4 Å². The van der Waals surface area contributed by atoms with Crippen molar-refractivity contribution in [1.29, 1.82) is 5.26 Å². The number of ether oxygens (including phenoxy) is 2. The summed E-state index contributed by atoms with van der Waals surface area (Å²) < 4.78 is 10.8. The van der Waals surface area contributed by atoms with Gasteiger partial charge in [-0.15, -0.1) is 0 Å². The molecule has 1 rings (SSSR count). The lowest BCUT2D eigenvalue weighted by Crippen LogP contribution is -2.31. The van der Waals surface area contributed by atoms with Gasteiger partial charge in [-0.1, -0.05) is 0 Å². The highest BCUT2D eigenvalue weighted by atomic mass is 16.5. The van der Waals surface area contributed by atoms with E-state index in [9.17, 15) is 0 Å². The molecule has 0 aromatic heterocycles. The van der Waals surface area contributed by atoms with Crippen LogP contribution in [0.4, 0.5) is 0 Å². The summed E-state index contributed by atoms with van der Waals surface area (Å²) in [5, 5.41) is 17.7. The molecule has 0 aromatic carbocycles. The fraction of sp³-hybridized carbons (Fsp3) is 0.900. The SMILES string of the molecule is N#CC1(OCCCO)CCCOCC1. The molecule has 14 heavy (non-hydrogen) atoms. The first-order chi connectivity index (χ1) is 6.83. The number of nitrogens with zero attached hydrogens (tertiary/aromatic N) is 1. The molecule has 0 bridgehead atoms. The van der Waals surface area contributed by atoms with Gasteiger partial charge >= 0.3 is 0 Å². The number of aliphatic hydroxyl groups excluding tert-OH is 1. The first-order valence-corrected chi connectivity index (χ1v) is 5.07. The van der Waals surface area contributed by atoms with Gasteiger partial charge in [0.05, 0.1) is 19.3 Å². The smallest absolute Gasteiger partial charge is 0.156 e. The maximum atomic E-state index is 9.07. The molecule has 0 aromatic rings. The summed E-state index contributed by atoms with van der Waals surface area (Å²) in [5.41, 5.74) is -0.675. The Morgan fingerprint density at radius 2 is 2.29 bits per heavy atom. The van der Waals surface area contributed by atoms with Crippen molar-refractivity contribution in [2.24, 2.45) is 0 Å². The first kappa shape index (κ1) is 11.4. The average molecular weight is 199 g/mol. The number of hydrogen-bond acceptors (Lipinski definition) is 4. The molecule has 1 atom stereocenters. The maximum Gasteiger partial charge on any atom is 0.156 e. The molecular weight excluding hydrogens is 182 g/mol. The van der Waals surface area contributed by atoms with Crippen LogP contribution in [-0.2, 0) is 9.47 Å².